The molecule has 1 aromatic heterocycles. The predicted molar refractivity (Wildman–Crippen MR) is 146 cm³/mol. The maximum absolute atomic E-state index is 13.4. The topological polar surface area (TPSA) is 108 Å². The smallest absolute Gasteiger partial charge is 0.326 e. The first-order chi connectivity index (χ1) is 18.5. The Morgan fingerprint density at radius 3 is 2.26 bits per heavy atom. The summed E-state index contributed by atoms with van der Waals surface area (Å²) in [6, 6.07) is 24.9. The van der Waals surface area contributed by atoms with E-state index in [2.05, 4.69) is 15.6 Å². The summed E-state index contributed by atoms with van der Waals surface area (Å²) in [5, 5.41) is 17.3. The summed E-state index contributed by atoms with van der Waals surface area (Å²) in [4.78, 5) is 42.7. The van der Waals surface area contributed by atoms with E-state index < -0.39 is 17.4 Å². The van der Waals surface area contributed by atoms with Crippen LogP contribution in [0.2, 0.25) is 0 Å². The molecule has 0 bridgehead atoms. The molecule has 0 unspecified atom stereocenters. The highest BCUT2D eigenvalue weighted by molar-refractivity contribution is 6.11. The second-order valence-electron chi connectivity index (χ2n) is 9.76. The standard InChI is InChI=1S/C31H29N3O4/c35-28(27-25-11-5-4-8-22(25)16-19-32-27)33-24-14-12-21(13-15-24)20-26(29(36)37)34-30(38)31(17-6-7-18-31)23-9-2-1-3-10-23/h1-5,8-16,19,26H,6-7,17-18,20H2,(H,33,35)(H,34,38)(H,36,37)/t26-/m0/s1. The summed E-state index contributed by atoms with van der Waals surface area (Å²) in [5.74, 6) is -1.65. The van der Waals surface area contributed by atoms with Crippen molar-refractivity contribution >= 4 is 34.2 Å². The van der Waals surface area contributed by atoms with Crippen LogP contribution in [0.15, 0.2) is 91.1 Å². The number of hydrogen-bond acceptors (Lipinski definition) is 4. The van der Waals surface area contributed by atoms with E-state index in [1.54, 1.807) is 30.5 Å². The van der Waals surface area contributed by atoms with Crippen LogP contribution in [0.3, 0.4) is 0 Å². The zero-order valence-corrected chi connectivity index (χ0v) is 20.9. The van der Waals surface area contributed by atoms with Gasteiger partial charge >= 0.3 is 5.97 Å². The molecule has 38 heavy (non-hydrogen) atoms. The van der Waals surface area contributed by atoms with Crippen molar-refractivity contribution < 1.29 is 19.5 Å². The lowest BCUT2D eigenvalue weighted by Gasteiger charge is -2.30. The lowest BCUT2D eigenvalue weighted by atomic mass is 9.77. The minimum absolute atomic E-state index is 0.130. The summed E-state index contributed by atoms with van der Waals surface area (Å²) >= 11 is 0. The lowest BCUT2D eigenvalue weighted by Crippen LogP contribution is -2.50. The van der Waals surface area contributed by atoms with E-state index in [1.807, 2.05) is 60.7 Å². The molecule has 0 aliphatic heterocycles. The monoisotopic (exact) mass is 507 g/mol. The van der Waals surface area contributed by atoms with Gasteiger partial charge < -0.3 is 15.7 Å². The number of amides is 2. The Hall–Kier alpha value is -4.52. The normalized spacial score (nSPS) is 15.1. The molecule has 2 amide bonds. The predicted octanol–water partition coefficient (Wildman–Crippen LogP) is 5.11. The van der Waals surface area contributed by atoms with Crippen LogP contribution in [0.1, 0.15) is 47.3 Å². The van der Waals surface area contributed by atoms with Gasteiger partial charge in [-0.3, -0.25) is 14.6 Å². The Kier molecular flexibility index (Phi) is 7.18. The maximum Gasteiger partial charge on any atom is 0.326 e. The molecule has 0 saturated heterocycles. The van der Waals surface area contributed by atoms with Crippen LogP contribution < -0.4 is 10.6 Å². The van der Waals surface area contributed by atoms with E-state index in [4.69, 9.17) is 0 Å². The number of nitrogens with zero attached hydrogens (tertiary/aromatic N) is 1. The fourth-order valence-electron chi connectivity index (χ4n) is 5.33. The van der Waals surface area contributed by atoms with Crippen molar-refractivity contribution in [3.8, 4) is 0 Å². The number of carbonyl (C=O) groups excluding carboxylic acids is 2. The van der Waals surface area contributed by atoms with Crippen molar-refractivity contribution in [1.29, 1.82) is 0 Å². The van der Waals surface area contributed by atoms with E-state index in [1.165, 1.54) is 0 Å². The molecule has 3 aromatic carbocycles. The van der Waals surface area contributed by atoms with Gasteiger partial charge in [0, 0.05) is 23.7 Å². The fraction of sp³-hybridized carbons (Fsp3) is 0.226. The van der Waals surface area contributed by atoms with Gasteiger partial charge in [0.05, 0.1) is 5.41 Å². The third kappa shape index (κ3) is 5.13. The number of rotatable bonds is 8. The van der Waals surface area contributed by atoms with Gasteiger partial charge in [0.25, 0.3) is 5.91 Å². The highest BCUT2D eigenvalue weighted by Crippen LogP contribution is 2.41. The number of carbonyl (C=O) groups is 3. The molecule has 1 aliphatic carbocycles. The fourth-order valence-corrected chi connectivity index (χ4v) is 5.33. The van der Waals surface area contributed by atoms with Crippen LogP contribution in [0.25, 0.3) is 10.8 Å². The molecule has 5 rings (SSSR count). The molecular weight excluding hydrogens is 478 g/mol. The first kappa shape index (κ1) is 25.1. The summed E-state index contributed by atoms with van der Waals surface area (Å²) < 4.78 is 0. The van der Waals surface area contributed by atoms with Crippen molar-refractivity contribution in [2.45, 2.75) is 43.6 Å². The second-order valence-corrected chi connectivity index (χ2v) is 9.76. The van der Waals surface area contributed by atoms with E-state index in [9.17, 15) is 19.5 Å². The van der Waals surface area contributed by atoms with Gasteiger partial charge in [-0.05, 0) is 47.6 Å². The number of hydrogen-bond donors (Lipinski definition) is 3. The number of nitrogens with one attached hydrogen (secondary N) is 2. The van der Waals surface area contributed by atoms with Crippen molar-refractivity contribution in [2.75, 3.05) is 5.32 Å². The summed E-state index contributed by atoms with van der Waals surface area (Å²) in [6.07, 6.45) is 5.01. The minimum Gasteiger partial charge on any atom is -0.480 e. The quantitative estimate of drug-likeness (QED) is 0.307. The van der Waals surface area contributed by atoms with Crippen molar-refractivity contribution in [1.82, 2.24) is 10.3 Å². The third-order valence-corrected chi connectivity index (χ3v) is 7.36. The van der Waals surface area contributed by atoms with Crippen molar-refractivity contribution in [2.24, 2.45) is 0 Å². The number of carboxylic acid groups (broad SMARTS) is 1. The molecule has 0 radical (unpaired) electrons. The first-order valence-electron chi connectivity index (χ1n) is 12.8. The van der Waals surface area contributed by atoms with Crippen molar-refractivity contribution in [3.63, 3.8) is 0 Å². The summed E-state index contributed by atoms with van der Waals surface area (Å²) in [7, 11) is 0. The molecular formula is C31H29N3O4. The second kappa shape index (κ2) is 10.8. The molecule has 1 heterocycles. The van der Waals surface area contributed by atoms with Gasteiger partial charge in [0.15, 0.2) is 0 Å². The largest absolute Gasteiger partial charge is 0.480 e. The summed E-state index contributed by atoms with van der Waals surface area (Å²) in [5.41, 5.74) is 1.87. The van der Waals surface area contributed by atoms with Crippen LogP contribution in [0.4, 0.5) is 5.69 Å². The number of fused-ring (bicyclic) bond motifs is 1. The van der Waals surface area contributed by atoms with Crippen LogP contribution in [-0.4, -0.2) is 33.9 Å². The molecule has 1 atom stereocenters. The Balaban J connectivity index is 1.27. The molecule has 1 aliphatic rings. The minimum atomic E-state index is -1.08. The van der Waals surface area contributed by atoms with E-state index in [0.717, 1.165) is 34.7 Å². The maximum atomic E-state index is 13.4. The van der Waals surface area contributed by atoms with E-state index in [0.29, 0.717) is 24.2 Å². The third-order valence-electron chi connectivity index (χ3n) is 7.36. The van der Waals surface area contributed by atoms with Crippen LogP contribution in [-0.2, 0) is 21.4 Å². The van der Waals surface area contributed by atoms with Gasteiger partial charge in [-0.2, -0.15) is 0 Å². The van der Waals surface area contributed by atoms with Gasteiger partial charge in [0.1, 0.15) is 11.7 Å². The molecule has 7 nitrogen and oxygen atoms in total. The Morgan fingerprint density at radius 1 is 0.868 bits per heavy atom. The van der Waals surface area contributed by atoms with Gasteiger partial charge in [-0.1, -0.05) is 79.6 Å². The van der Waals surface area contributed by atoms with Crippen LogP contribution in [0.5, 0.6) is 0 Å². The Bertz CT molecular complexity index is 1460. The Labute approximate surface area is 220 Å². The van der Waals surface area contributed by atoms with Gasteiger partial charge in [0.2, 0.25) is 5.91 Å². The molecule has 4 aromatic rings. The molecule has 3 N–H and O–H groups in total. The first-order valence-corrected chi connectivity index (χ1v) is 12.8. The number of pyridine rings is 1. The van der Waals surface area contributed by atoms with Gasteiger partial charge in [-0.25, -0.2) is 4.79 Å². The zero-order chi connectivity index (χ0) is 26.5. The van der Waals surface area contributed by atoms with Crippen LogP contribution >= 0.6 is 0 Å². The Morgan fingerprint density at radius 2 is 1.55 bits per heavy atom. The molecule has 7 heteroatoms. The summed E-state index contributed by atoms with van der Waals surface area (Å²) in [6.45, 7) is 0. The van der Waals surface area contributed by atoms with E-state index in [-0.39, 0.29) is 18.2 Å². The number of anilines is 1. The molecule has 1 fully saturated rings. The lowest BCUT2D eigenvalue weighted by molar-refractivity contribution is -0.142. The SMILES string of the molecule is O=C(Nc1ccc(C[C@H](NC(=O)C2(c3ccccc3)CCCC2)C(=O)O)cc1)c1nccc2ccccc12. The van der Waals surface area contributed by atoms with Crippen LogP contribution in [0, 0.1) is 0 Å². The van der Waals surface area contributed by atoms with Gasteiger partial charge in [-0.15, -0.1) is 0 Å². The zero-order valence-electron chi connectivity index (χ0n) is 20.9. The number of aromatic nitrogens is 1. The van der Waals surface area contributed by atoms with E-state index >= 15 is 0 Å². The average molecular weight is 508 g/mol. The number of benzene rings is 3. The van der Waals surface area contributed by atoms with Crippen molar-refractivity contribution in [3.05, 3.63) is 108 Å². The highest BCUT2D eigenvalue weighted by Gasteiger charge is 2.43. The average Bonchev–Trinajstić information content (AvgIpc) is 3.45. The highest BCUT2D eigenvalue weighted by atomic mass is 16.4. The molecule has 0 spiro atoms. The molecule has 1 saturated carbocycles. The molecule has 192 valence electrons. The number of aliphatic carboxylic acids is 1. The number of carboxylic acids is 1.